The number of hydrogen-bond acceptors (Lipinski definition) is 5. The van der Waals surface area contributed by atoms with E-state index in [1.165, 1.54) is 24.3 Å². The van der Waals surface area contributed by atoms with Gasteiger partial charge in [0.25, 0.3) is 5.69 Å². The Bertz CT molecular complexity index is 1380. The van der Waals surface area contributed by atoms with Gasteiger partial charge in [-0.25, -0.2) is 4.39 Å². The third-order valence-corrected chi connectivity index (χ3v) is 7.54. The number of nitro groups is 1. The van der Waals surface area contributed by atoms with Crippen molar-refractivity contribution in [3.05, 3.63) is 100.0 Å². The predicted molar refractivity (Wildman–Crippen MR) is 130 cm³/mol. The average Bonchev–Trinajstić information content (AvgIpc) is 3.14. The first-order chi connectivity index (χ1) is 16.4. The van der Waals surface area contributed by atoms with Crippen molar-refractivity contribution in [2.75, 3.05) is 13.2 Å². The highest BCUT2D eigenvalue weighted by Gasteiger charge is 2.36. The van der Waals surface area contributed by atoms with Crippen LogP contribution in [0.25, 0.3) is 16.5 Å². The summed E-state index contributed by atoms with van der Waals surface area (Å²) in [7, 11) is -3.89. The number of aromatic nitrogens is 1. The summed E-state index contributed by atoms with van der Waals surface area (Å²) in [4.78, 5) is 11.0. The van der Waals surface area contributed by atoms with Gasteiger partial charge in [0.2, 0.25) is 0 Å². The molecule has 9 heteroatoms. The Labute approximate surface area is 196 Å². The standard InChI is InChI=1S/C25H24FN2O5P/c1-3-32-34(31,33-4-2)25-22-14-13-19(26)16-23(22)24(15-18-9-6-5-7-10-18)27(25)20-11-8-12-21(17-20)28(29)30/h5-14,16-17H,3-4,15H2,1-2H3. The molecule has 4 rings (SSSR count). The van der Waals surface area contributed by atoms with Gasteiger partial charge in [-0.3, -0.25) is 14.7 Å². The van der Waals surface area contributed by atoms with E-state index < -0.39 is 18.3 Å². The van der Waals surface area contributed by atoms with Crippen LogP contribution in [0.2, 0.25) is 0 Å². The number of nitro benzene ring substituents is 1. The summed E-state index contributed by atoms with van der Waals surface area (Å²) >= 11 is 0. The Morgan fingerprint density at radius 3 is 2.29 bits per heavy atom. The maximum absolute atomic E-state index is 14.4. The van der Waals surface area contributed by atoms with Gasteiger partial charge in [-0.15, -0.1) is 0 Å². The summed E-state index contributed by atoms with van der Waals surface area (Å²) in [5, 5.41) is 12.5. The first kappa shape index (κ1) is 23.8. The topological polar surface area (TPSA) is 83.6 Å². The minimum absolute atomic E-state index is 0.119. The Morgan fingerprint density at radius 2 is 1.65 bits per heavy atom. The lowest BCUT2D eigenvalue weighted by molar-refractivity contribution is -0.384. The normalized spacial score (nSPS) is 11.7. The van der Waals surface area contributed by atoms with Gasteiger partial charge in [0, 0.05) is 35.0 Å². The molecule has 3 aromatic carbocycles. The molecule has 0 aliphatic heterocycles. The van der Waals surface area contributed by atoms with Crippen molar-refractivity contribution in [2.24, 2.45) is 0 Å². The van der Waals surface area contributed by atoms with E-state index in [1.54, 1.807) is 36.6 Å². The summed E-state index contributed by atoms with van der Waals surface area (Å²) < 4.78 is 41.6. The largest absolute Gasteiger partial charge is 0.378 e. The Morgan fingerprint density at radius 1 is 0.941 bits per heavy atom. The van der Waals surface area contributed by atoms with Crippen molar-refractivity contribution >= 4 is 29.5 Å². The Balaban J connectivity index is 2.12. The molecule has 1 heterocycles. The summed E-state index contributed by atoms with van der Waals surface area (Å²) in [6, 6.07) is 19.8. The smallest absolute Gasteiger partial charge is 0.305 e. The van der Waals surface area contributed by atoms with E-state index in [-0.39, 0.29) is 24.3 Å². The highest BCUT2D eigenvalue weighted by Crippen LogP contribution is 2.50. The van der Waals surface area contributed by atoms with E-state index in [1.807, 2.05) is 30.3 Å². The molecule has 0 unspecified atom stereocenters. The lowest BCUT2D eigenvalue weighted by Crippen LogP contribution is -2.21. The number of rotatable bonds is 9. The zero-order valence-corrected chi connectivity index (χ0v) is 19.7. The van der Waals surface area contributed by atoms with Gasteiger partial charge in [-0.1, -0.05) is 36.4 Å². The first-order valence-electron chi connectivity index (χ1n) is 10.9. The van der Waals surface area contributed by atoms with Crippen LogP contribution in [0.1, 0.15) is 25.1 Å². The van der Waals surface area contributed by atoms with Crippen LogP contribution in [-0.2, 0) is 20.0 Å². The summed E-state index contributed by atoms with van der Waals surface area (Å²) in [6.45, 7) is 3.65. The van der Waals surface area contributed by atoms with Crippen molar-refractivity contribution in [3.8, 4) is 5.69 Å². The molecular formula is C25H24FN2O5P. The molecular weight excluding hydrogens is 458 g/mol. The Kier molecular flexibility index (Phi) is 6.93. The van der Waals surface area contributed by atoms with E-state index >= 15 is 0 Å². The van der Waals surface area contributed by atoms with Crippen LogP contribution >= 0.6 is 7.60 Å². The summed E-state index contributed by atoms with van der Waals surface area (Å²) in [5.41, 5.74) is 2.06. The van der Waals surface area contributed by atoms with Crippen LogP contribution in [-0.4, -0.2) is 22.7 Å². The third kappa shape index (κ3) is 4.53. The molecule has 34 heavy (non-hydrogen) atoms. The molecule has 0 saturated carbocycles. The van der Waals surface area contributed by atoms with Gasteiger partial charge in [-0.2, -0.15) is 0 Å². The van der Waals surface area contributed by atoms with Crippen molar-refractivity contribution in [1.29, 1.82) is 0 Å². The number of hydrogen-bond donors (Lipinski definition) is 0. The molecule has 4 aromatic rings. The van der Waals surface area contributed by atoms with E-state index in [0.717, 1.165) is 5.56 Å². The maximum Gasteiger partial charge on any atom is 0.378 e. The van der Waals surface area contributed by atoms with Crippen molar-refractivity contribution in [1.82, 2.24) is 4.57 Å². The van der Waals surface area contributed by atoms with E-state index in [9.17, 15) is 19.1 Å². The molecule has 0 aliphatic carbocycles. The molecule has 0 N–H and O–H groups in total. The molecule has 7 nitrogen and oxygen atoms in total. The van der Waals surface area contributed by atoms with Crippen LogP contribution in [0, 0.1) is 15.9 Å². The summed E-state index contributed by atoms with van der Waals surface area (Å²) in [5.74, 6) is -0.452. The third-order valence-electron chi connectivity index (χ3n) is 5.39. The van der Waals surface area contributed by atoms with Gasteiger partial charge in [-0.05, 0) is 43.7 Å². The second-order valence-electron chi connectivity index (χ2n) is 7.57. The molecule has 176 valence electrons. The maximum atomic E-state index is 14.4. The fourth-order valence-electron chi connectivity index (χ4n) is 4.08. The number of benzene rings is 3. The molecule has 0 radical (unpaired) electrons. The highest BCUT2D eigenvalue weighted by molar-refractivity contribution is 7.62. The fraction of sp³-hybridized carbons (Fsp3) is 0.200. The second kappa shape index (κ2) is 9.89. The molecule has 0 atom stereocenters. The molecule has 0 spiro atoms. The zero-order chi connectivity index (χ0) is 24.3. The van der Waals surface area contributed by atoms with E-state index in [0.29, 0.717) is 28.6 Å². The molecule has 0 bridgehead atoms. The van der Waals surface area contributed by atoms with Gasteiger partial charge in [0.05, 0.1) is 23.8 Å². The number of fused-ring (bicyclic) bond motifs is 1. The lowest BCUT2D eigenvalue weighted by atomic mass is 10.1. The molecule has 1 aromatic heterocycles. The lowest BCUT2D eigenvalue weighted by Gasteiger charge is -2.21. The molecule has 0 saturated heterocycles. The van der Waals surface area contributed by atoms with Crippen molar-refractivity contribution < 1.29 is 22.9 Å². The van der Waals surface area contributed by atoms with Crippen LogP contribution in [0.4, 0.5) is 10.1 Å². The van der Waals surface area contributed by atoms with Gasteiger partial charge >= 0.3 is 7.60 Å². The molecule has 0 amide bonds. The fourth-order valence-corrected chi connectivity index (χ4v) is 6.05. The van der Waals surface area contributed by atoms with Crippen LogP contribution in [0.3, 0.4) is 0 Å². The summed E-state index contributed by atoms with van der Waals surface area (Å²) in [6.07, 6.45) is 0.363. The number of halogens is 1. The number of nitrogens with zero attached hydrogens (tertiary/aromatic N) is 2. The second-order valence-corrected chi connectivity index (χ2v) is 9.50. The minimum atomic E-state index is -3.89. The van der Waals surface area contributed by atoms with Gasteiger partial charge < -0.3 is 13.6 Å². The van der Waals surface area contributed by atoms with Crippen molar-refractivity contribution in [2.45, 2.75) is 20.3 Å². The van der Waals surface area contributed by atoms with E-state index in [2.05, 4.69) is 0 Å². The molecule has 0 fully saturated rings. The predicted octanol–water partition coefficient (Wildman–Crippen LogP) is 6.16. The van der Waals surface area contributed by atoms with Crippen LogP contribution in [0.5, 0.6) is 0 Å². The van der Waals surface area contributed by atoms with Crippen LogP contribution < -0.4 is 5.44 Å². The highest BCUT2D eigenvalue weighted by atomic mass is 31.2. The molecule has 0 aliphatic rings. The van der Waals surface area contributed by atoms with E-state index in [4.69, 9.17) is 9.05 Å². The average molecular weight is 482 g/mol. The number of non-ortho nitro benzene ring substituents is 1. The van der Waals surface area contributed by atoms with Gasteiger partial charge in [0.1, 0.15) is 11.3 Å². The van der Waals surface area contributed by atoms with Gasteiger partial charge in [0.15, 0.2) is 0 Å². The minimum Gasteiger partial charge on any atom is -0.305 e. The first-order valence-corrected chi connectivity index (χ1v) is 12.4. The Hall–Kier alpha value is -3.32. The monoisotopic (exact) mass is 482 g/mol. The van der Waals surface area contributed by atoms with Crippen LogP contribution in [0.15, 0.2) is 72.8 Å². The SMILES string of the molecule is CCOP(=O)(OCC)c1c2ccc(F)cc2c(Cc2ccccc2)n1-c1cccc([N+](=O)[O-])c1. The quantitative estimate of drug-likeness (QED) is 0.162. The zero-order valence-electron chi connectivity index (χ0n) is 18.8. The van der Waals surface area contributed by atoms with Crippen molar-refractivity contribution in [3.63, 3.8) is 0 Å².